The van der Waals surface area contributed by atoms with Crippen LogP contribution in [0.15, 0.2) is 9.05 Å². The maximum absolute atomic E-state index is 12.1. The number of carbonyl (C=O) groups is 1. The Labute approximate surface area is 146 Å². The minimum absolute atomic E-state index is 0.0114. The topological polar surface area (TPSA) is 101 Å². The van der Waals surface area contributed by atoms with Crippen molar-refractivity contribution in [2.75, 3.05) is 13.1 Å². The second-order valence-electron chi connectivity index (χ2n) is 6.41. The lowest BCUT2D eigenvalue weighted by Crippen LogP contribution is -2.40. The predicted molar refractivity (Wildman–Crippen MR) is 87.2 cm³/mol. The third kappa shape index (κ3) is 4.41. The minimum Gasteiger partial charge on any atom is -0.340 e. The Bertz CT molecular complexity index is 712. The van der Waals surface area contributed by atoms with Crippen molar-refractivity contribution in [1.29, 1.82) is 0 Å². The Balaban J connectivity index is 1.58. The zero-order valence-electron chi connectivity index (χ0n) is 14.9. The number of hydrogen-bond acceptors (Lipinski definition) is 8. The largest absolute Gasteiger partial charge is 0.340 e. The van der Waals surface area contributed by atoms with Crippen molar-refractivity contribution in [3.63, 3.8) is 0 Å². The molecule has 2 aromatic heterocycles. The van der Waals surface area contributed by atoms with Crippen molar-refractivity contribution in [3.05, 3.63) is 23.4 Å². The van der Waals surface area contributed by atoms with Gasteiger partial charge in [-0.3, -0.25) is 9.69 Å². The summed E-state index contributed by atoms with van der Waals surface area (Å²) in [6, 6.07) is 0.120. The molecule has 2 aromatic rings. The molecule has 0 aliphatic carbocycles. The Morgan fingerprint density at radius 1 is 1.28 bits per heavy atom. The molecule has 3 rings (SSSR count). The van der Waals surface area contributed by atoms with Gasteiger partial charge in [0.05, 0.1) is 13.1 Å². The number of aromatic nitrogens is 4. The zero-order valence-corrected chi connectivity index (χ0v) is 14.9. The monoisotopic (exact) mass is 348 g/mol. The molecule has 1 saturated heterocycles. The third-order valence-electron chi connectivity index (χ3n) is 4.32. The summed E-state index contributed by atoms with van der Waals surface area (Å²) in [7, 11) is 0. The lowest BCUT2D eigenvalue weighted by molar-refractivity contribution is -0.131. The Morgan fingerprint density at radius 3 is 2.76 bits per heavy atom. The van der Waals surface area contributed by atoms with E-state index in [0.29, 0.717) is 30.7 Å². The first-order chi connectivity index (χ1) is 12.0. The first kappa shape index (κ1) is 17.5. The highest BCUT2D eigenvalue weighted by atomic mass is 16.5. The van der Waals surface area contributed by atoms with Crippen LogP contribution in [0.3, 0.4) is 0 Å². The minimum atomic E-state index is 0.0114. The fourth-order valence-electron chi connectivity index (χ4n) is 3.14. The summed E-state index contributed by atoms with van der Waals surface area (Å²) < 4.78 is 10.3. The van der Waals surface area contributed by atoms with Gasteiger partial charge in [-0.2, -0.15) is 9.97 Å². The average Bonchev–Trinajstić information content (AvgIpc) is 3.28. The lowest BCUT2D eigenvalue weighted by atomic mass is 10.2. The van der Waals surface area contributed by atoms with Crippen LogP contribution < -0.4 is 0 Å². The van der Waals surface area contributed by atoms with Crippen LogP contribution >= 0.6 is 0 Å². The molecule has 1 aliphatic rings. The quantitative estimate of drug-likeness (QED) is 0.739. The van der Waals surface area contributed by atoms with E-state index in [1.54, 1.807) is 18.7 Å². The van der Waals surface area contributed by atoms with Crippen LogP contribution in [-0.4, -0.2) is 55.1 Å². The van der Waals surface area contributed by atoms with Crippen LogP contribution in [-0.2, 0) is 24.3 Å². The van der Waals surface area contributed by atoms with E-state index >= 15 is 0 Å². The van der Waals surface area contributed by atoms with Crippen LogP contribution in [0.2, 0.25) is 0 Å². The van der Waals surface area contributed by atoms with Crippen molar-refractivity contribution < 1.29 is 13.8 Å². The summed E-state index contributed by atoms with van der Waals surface area (Å²) in [4.78, 5) is 24.7. The molecular weight excluding hydrogens is 324 g/mol. The predicted octanol–water partition coefficient (Wildman–Crippen LogP) is 1.34. The molecule has 0 N–H and O–H groups in total. The molecule has 9 nitrogen and oxygen atoms in total. The molecule has 1 aliphatic heterocycles. The maximum Gasteiger partial charge on any atom is 0.240 e. The van der Waals surface area contributed by atoms with Crippen LogP contribution in [0.5, 0.6) is 0 Å². The van der Waals surface area contributed by atoms with Crippen LogP contribution in [0.4, 0.5) is 0 Å². The number of nitrogens with zero attached hydrogens (tertiary/aromatic N) is 6. The number of carbonyl (C=O) groups excluding carboxylic acids is 1. The van der Waals surface area contributed by atoms with E-state index in [1.165, 1.54) is 0 Å². The molecule has 0 spiro atoms. The summed E-state index contributed by atoms with van der Waals surface area (Å²) in [6.45, 7) is 8.02. The van der Waals surface area contributed by atoms with E-state index in [1.807, 2.05) is 0 Å². The standard InChI is InChI=1S/C16H24N6O3/c1-4-5-14-18-16(25-19-14)10-21-7-6-13(8-21)22(12(3)23)9-15-17-11(2)24-20-15/h13H,4-10H2,1-3H3. The van der Waals surface area contributed by atoms with Crippen LogP contribution in [0.25, 0.3) is 0 Å². The molecule has 0 bridgehead atoms. The number of rotatable bonds is 7. The number of aryl methyl sites for hydroxylation is 2. The van der Waals surface area contributed by atoms with Crippen molar-refractivity contribution in [1.82, 2.24) is 30.1 Å². The van der Waals surface area contributed by atoms with Crippen molar-refractivity contribution in [2.24, 2.45) is 0 Å². The molecule has 9 heteroatoms. The summed E-state index contributed by atoms with van der Waals surface area (Å²) >= 11 is 0. The Morgan fingerprint density at radius 2 is 2.08 bits per heavy atom. The van der Waals surface area contributed by atoms with Gasteiger partial charge in [0.2, 0.25) is 17.7 Å². The van der Waals surface area contributed by atoms with E-state index in [0.717, 1.165) is 38.2 Å². The summed E-state index contributed by atoms with van der Waals surface area (Å²) in [5.41, 5.74) is 0. The van der Waals surface area contributed by atoms with E-state index in [-0.39, 0.29) is 11.9 Å². The van der Waals surface area contributed by atoms with E-state index < -0.39 is 0 Å². The molecule has 0 aromatic carbocycles. The molecule has 1 fully saturated rings. The fourth-order valence-corrected chi connectivity index (χ4v) is 3.14. The van der Waals surface area contributed by atoms with Gasteiger partial charge in [-0.25, -0.2) is 0 Å². The van der Waals surface area contributed by atoms with Gasteiger partial charge in [-0.05, 0) is 12.8 Å². The third-order valence-corrected chi connectivity index (χ3v) is 4.32. The van der Waals surface area contributed by atoms with Gasteiger partial charge in [-0.1, -0.05) is 17.2 Å². The smallest absolute Gasteiger partial charge is 0.240 e. The molecule has 0 radical (unpaired) electrons. The van der Waals surface area contributed by atoms with E-state index in [2.05, 4.69) is 32.1 Å². The molecule has 25 heavy (non-hydrogen) atoms. The highest BCUT2D eigenvalue weighted by molar-refractivity contribution is 5.73. The van der Waals surface area contributed by atoms with Crippen molar-refractivity contribution in [2.45, 2.75) is 59.2 Å². The number of amides is 1. The highest BCUT2D eigenvalue weighted by Gasteiger charge is 2.31. The normalized spacial score (nSPS) is 18.0. The van der Waals surface area contributed by atoms with Crippen molar-refractivity contribution >= 4 is 5.91 Å². The summed E-state index contributed by atoms with van der Waals surface area (Å²) in [5, 5.41) is 7.87. The Hall–Kier alpha value is -2.29. The molecule has 1 amide bonds. The SMILES string of the molecule is CCCc1noc(CN2CCC(N(Cc3noc(C)n3)C(C)=O)C2)n1. The molecule has 3 heterocycles. The second-order valence-corrected chi connectivity index (χ2v) is 6.41. The van der Waals surface area contributed by atoms with Crippen molar-refractivity contribution in [3.8, 4) is 0 Å². The maximum atomic E-state index is 12.1. The Kier molecular flexibility index (Phi) is 5.42. The number of hydrogen-bond donors (Lipinski definition) is 0. The summed E-state index contributed by atoms with van der Waals surface area (Å²) in [5.74, 6) is 2.44. The first-order valence-corrected chi connectivity index (χ1v) is 8.65. The van der Waals surface area contributed by atoms with Gasteiger partial charge in [0.15, 0.2) is 11.6 Å². The molecule has 0 saturated carbocycles. The van der Waals surface area contributed by atoms with E-state index in [4.69, 9.17) is 9.05 Å². The molecule has 1 unspecified atom stereocenters. The highest BCUT2D eigenvalue weighted by Crippen LogP contribution is 2.19. The average molecular weight is 348 g/mol. The van der Waals surface area contributed by atoms with Gasteiger partial charge in [0.1, 0.15) is 0 Å². The second kappa shape index (κ2) is 7.73. The van der Waals surface area contributed by atoms with Gasteiger partial charge < -0.3 is 13.9 Å². The van der Waals surface area contributed by atoms with Gasteiger partial charge in [0.25, 0.3) is 0 Å². The lowest BCUT2D eigenvalue weighted by Gasteiger charge is -2.26. The molecular formula is C16H24N6O3. The number of likely N-dealkylation sites (tertiary alicyclic amines) is 1. The summed E-state index contributed by atoms with van der Waals surface area (Å²) in [6.07, 6.45) is 2.72. The van der Waals surface area contributed by atoms with Gasteiger partial charge >= 0.3 is 0 Å². The molecule has 136 valence electrons. The van der Waals surface area contributed by atoms with Gasteiger partial charge in [0, 0.05) is 39.4 Å². The van der Waals surface area contributed by atoms with Crippen LogP contribution in [0.1, 0.15) is 50.1 Å². The van der Waals surface area contributed by atoms with Gasteiger partial charge in [-0.15, -0.1) is 0 Å². The van der Waals surface area contributed by atoms with Crippen LogP contribution in [0, 0.1) is 6.92 Å². The zero-order chi connectivity index (χ0) is 17.8. The van der Waals surface area contributed by atoms with E-state index in [9.17, 15) is 4.79 Å². The first-order valence-electron chi connectivity index (χ1n) is 8.65. The fraction of sp³-hybridized carbons (Fsp3) is 0.688. The molecule has 1 atom stereocenters.